The number of alkyl halides is 1. The average molecular weight is 458 g/mol. The standard InChI is InChI=1S/C15H23IO6S/c16-1-2-17-3-4-18-5-6-19-7-8-20-9-13-10-21-14-11-23-12-15(14)22-13/h11-13H,1-10H2. The Morgan fingerprint density at radius 3 is 2.22 bits per heavy atom. The number of thiophene rings is 1. The molecule has 0 amide bonds. The highest BCUT2D eigenvalue weighted by molar-refractivity contribution is 14.1. The first-order valence-corrected chi connectivity index (χ1v) is 10.1. The van der Waals surface area contributed by atoms with E-state index in [1.807, 2.05) is 10.8 Å². The quantitative estimate of drug-likeness (QED) is 0.257. The molecule has 1 aromatic rings. The van der Waals surface area contributed by atoms with Crippen LogP contribution in [0.4, 0.5) is 0 Å². The van der Waals surface area contributed by atoms with E-state index < -0.39 is 0 Å². The van der Waals surface area contributed by atoms with Gasteiger partial charge in [-0.15, -0.1) is 11.3 Å². The van der Waals surface area contributed by atoms with Crippen molar-refractivity contribution >= 4 is 33.9 Å². The first-order chi connectivity index (χ1) is 11.4. The predicted molar refractivity (Wildman–Crippen MR) is 96.4 cm³/mol. The van der Waals surface area contributed by atoms with Gasteiger partial charge in [0.25, 0.3) is 0 Å². The Hall–Kier alpha value is -0.130. The SMILES string of the molecule is ICCOCCOCCOCCOCC1COc2cscc2O1. The lowest BCUT2D eigenvalue weighted by atomic mass is 10.3. The van der Waals surface area contributed by atoms with Crippen molar-refractivity contribution in [2.24, 2.45) is 0 Å². The van der Waals surface area contributed by atoms with Crippen molar-refractivity contribution in [1.82, 2.24) is 0 Å². The minimum atomic E-state index is -0.0528. The van der Waals surface area contributed by atoms with Crippen molar-refractivity contribution in [3.05, 3.63) is 10.8 Å². The molecule has 0 saturated heterocycles. The minimum Gasteiger partial charge on any atom is -0.485 e. The molecule has 2 heterocycles. The number of fused-ring (bicyclic) bond motifs is 1. The summed E-state index contributed by atoms with van der Waals surface area (Å²) in [5.74, 6) is 1.64. The monoisotopic (exact) mass is 458 g/mol. The van der Waals surface area contributed by atoms with Crippen molar-refractivity contribution in [2.75, 3.05) is 63.9 Å². The van der Waals surface area contributed by atoms with E-state index in [1.54, 1.807) is 11.3 Å². The third-order valence-corrected chi connectivity index (χ3v) is 4.09. The molecule has 23 heavy (non-hydrogen) atoms. The number of ether oxygens (including phenoxy) is 6. The molecule has 0 bridgehead atoms. The summed E-state index contributed by atoms with van der Waals surface area (Å²) in [5.41, 5.74) is 0. The molecule has 8 heteroatoms. The molecule has 0 N–H and O–H groups in total. The lowest BCUT2D eigenvalue weighted by Crippen LogP contribution is -2.33. The van der Waals surface area contributed by atoms with Gasteiger partial charge in [0, 0.05) is 15.2 Å². The molecule has 0 spiro atoms. The molecule has 0 radical (unpaired) electrons. The van der Waals surface area contributed by atoms with E-state index in [-0.39, 0.29) is 6.10 Å². The molecule has 1 unspecified atom stereocenters. The molecule has 0 saturated carbocycles. The average Bonchev–Trinajstić information content (AvgIpc) is 3.03. The molecule has 0 fully saturated rings. The van der Waals surface area contributed by atoms with Gasteiger partial charge in [0.15, 0.2) is 17.6 Å². The molecule has 1 atom stereocenters. The Kier molecular flexibility index (Phi) is 10.2. The number of hydrogen-bond acceptors (Lipinski definition) is 7. The topological polar surface area (TPSA) is 55.4 Å². The van der Waals surface area contributed by atoms with Crippen LogP contribution in [0.15, 0.2) is 10.8 Å². The van der Waals surface area contributed by atoms with Gasteiger partial charge in [-0.1, -0.05) is 22.6 Å². The highest BCUT2D eigenvalue weighted by Crippen LogP contribution is 2.35. The summed E-state index contributed by atoms with van der Waals surface area (Å²) in [7, 11) is 0. The van der Waals surface area contributed by atoms with Crippen LogP contribution in [0, 0.1) is 0 Å². The second-order valence-corrected chi connectivity index (χ2v) is 6.57. The van der Waals surface area contributed by atoms with Gasteiger partial charge in [0.05, 0.1) is 52.9 Å². The molecule has 1 aliphatic heterocycles. The smallest absolute Gasteiger partial charge is 0.172 e. The maximum Gasteiger partial charge on any atom is 0.172 e. The lowest BCUT2D eigenvalue weighted by molar-refractivity contribution is -0.0241. The maximum absolute atomic E-state index is 5.76. The Morgan fingerprint density at radius 2 is 1.52 bits per heavy atom. The summed E-state index contributed by atoms with van der Waals surface area (Å²) in [6.45, 7) is 5.29. The normalized spacial score (nSPS) is 16.7. The third-order valence-electron chi connectivity index (χ3n) is 2.95. The first kappa shape index (κ1) is 19.2. The van der Waals surface area contributed by atoms with Gasteiger partial charge in [-0.25, -0.2) is 0 Å². The van der Waals surface area contributed by atoms with Gasteiger partial charge in [0.2, 0.25) is 0 Å². The van der Waals surface area contributed by atoms with Crippen molar-refractivity contribution in [1.29, 1.82) is 0 Å². The van der Waals surface area contributed by atoms with Crippen LogP contribution in [-0.4, -0.2) is 70.0 Å². The Balaban J connectivity index is 1.35. The molecular weight excluding hydrogens is 435 g/mol. The minimum absolute atomic E-state index is 0.0528. The Labute approximate surface area is 154 Å². The third kappa shape index (κ3) is 7.99. The summed E-state index contributed by atoms with van der Waals surface area (Å²) in [4.78, 5) is 0. The van der Waals surface area contributed by atoms with Gasteiger partial charge < -0.3 is 28.4 Å². The largest absolute Gasteiger partial charge is 0.485 e. The van der Waals surface area contributed by atoms with Crippen LogP contribution in [-0.2, 0) is 18.9 Å². The van der Waals surface area contributed by atoms with E-state index in [1.165, 1.54) is 0 Å². The van der Waals surface area contributed by atoms with Gasteiger partial charge in [-0.05, 0) is 0 Å². The highest BCUT2D eigenvalue weighted by Gasteiger charge is 2.21. The molecule has 6 nitrogen and oxygen atoms in total. The Bertz CT molecular complexity index is 416. The Morgan fingerprint density at radius 1 is 0.913 bits per heavy atom. The van der Waals surface area contributed by atoms with E-state index >= 15 is 0 Å². The fourth-order valence-corrected chi connectivity index (χ4v) is 2.85. The molecular formula is C15H23IO6S. The lowest BCUT2D eigenvalue weighted by Gasteiger charge is -2.24. The van der Waals surface area contributed by atoms with Gasteiger partial charge >= 0.3 is 0 Å². The van der Waals surface area contributed by atoms with Crippen molar-refractivity contribution in [3.63, 3.8) is 0 Å². The maximum atomic E-state index is 5.76. The van der Waals surface area contributed by atoms with Crippen LogP contribution in [0.3, 0.4) is 0 Å². The van der Waals surface area contributed by atoms with Crippen molar-refractivity contribution in [3.8, 4) is 11.5 Å². The van der Waals surface area contributed by atoms with E-state index in [2.05, 4.69) is 22.6 Å². The van der Waals surface area contributed by atoms with E-state index in [0.29, 0.717) is 52.9 Å². The first-order valence-electron chi connectivity index (χ1n) is 7.62. The van der Waals surface area contributed by atoms with Crippen LogP contribution >= 0.6 is 33.9 Å². The van der Waals surface area contributed by atoms with E-state index in [9.17, 15) is 0 Å². The summed E-state index contributed by atoms with van der Waals surface area (Å²) in [6, 6.07) is 0. The molecule has 0 aliphatic carbocycles. The number of halogens is 1. The van der Waals surface area contributed by atoms with Crippen molar-refractivity contribution < 1.29 is 28.4 Å². The van der Waals surface area contributed by atoms with Crippen LogP contribution in [0.5, 0.6) is 11.5 Å². The van der Waals surface area contributed by atoms with Crippen LogP contribution in [0.1, 0.15) is 0 Å². The molecule has 1 aliphatic rings. The van der Waals surface area contributed by atoms with E-state index in [0.717, 1.165) is 22.5 Å². The zero-order valence-electron chi connectivity index (χ0n) is 13.0. The fourth-order valence-electron chi connectivity index (χ4n) is 1.87. The summed E-state index contributed by atoms with van der Waals surface area (Å²) in [5, 5.41) is 3.88. The van der Waals surface area contributed by atoms with Gasteiger partial charge in [-0.2, -0.15) is 0 Å². The summed E-state index contributed by atoms with van der Waals surface area (Å²) in [6.07, 6.45) is -0.0528. The zero-order valence-corrected chi connectivity index (χ0v) is 16.0. The second kappa shape index (κ2) is 12.3. The van der Waals surface area contributed by atoms with Gasteiger partial charge in [0.1, 0.15) is 6.61 Å². The number of hydrogen-bond donors (Lipinski definition) is 0. The zero-order chi connectivity index (χ0) is 16.2. The summed E-state index contributed by atoms with van der Waals surface area (Å²) >= 11 is 3.85. The predicted octanol–water partition coefficient (Wildman–Crippen LogP) is 2.39. The second-order valence-electron chi connectivity index (χ2n) is 4.75. The molecule has 0 aromatic carbocycles. The van der Waals surface area contributed by atoms with Crippen molar-refractivity contribution in [2.45, 2.75) is 6.10 Å². The van der Waals surface area contributed by atoms with Crippen LogP contribution in [0.2, 0.25) is 0 Å². The van der Waals surface area contributed by atoms with Crippen LogP contribution in [0.25, 0.3) is 0 Å². The van der Waals surface area contributed by atoms with Gasteiger partial charge in [-0.3, -0.25) is 0 Å². The summed E-state index contributed by atoms with van der Waals surface area (Å²) < 4.78 is 34.0. The van der Waals surface area contributed by atoms with E-state index in [4.69, 9.17) is 28.4 Å². The van der Waals surface area contributed by atoms with Crippen LogP contribution < -0.4 is 9.47 Å². The number of rotatable bonds is 13. The molecule has 1 aromatic heterocycles. The molecule has 132 valence electrons. The highest BCUT2D eigenvalue weighted by atomic mass is 127. The molecule has 2 rings (SSSR count). The fraction of sp³-hybridized carbons (Fsp3) is 0.733.